The number of unbranched alkanes of at least 4 members (excludes halogenated alkanes) is 14. The molecule has 0 amide bonds. The maximum atomic E-state index is 12.4. The fraction of sp³-hybridized carbons (Fsp3) is 0.812. The lowest BCUT2D eigenvalue weighted by atomic mass is 10.0. The van der Waals surface area contributed by atoms with Crippen molar-refractivity contribution in [2.75, 3.05) is 0 Å². The van der Waals surface area contributed by atoms with Crippen molar-refractivity contribution in [2.45, 2.75) is 168 Å². The average molecular weight is 507 g/mol. The number of rotatable bonds is 27. The van der Waals surface area contributed by atoms with E-state index in [1.165, 1.54) is 57.8 Å². The summed E-state index contributed by atoms with van der Waals surface area (Å²) in [6, 6.07) is 0. The number of carboxylic acids is 1. The van der Waals surface area contributed by atoms with Crippen LogP contribution in [0.1, 0.15) is 162 Å². The summed E-state index contributed by atoms with van der Waals surface area (Å²) in [4.78, 5) is 22.9. The number of carbonyl (C=O) groups excluding carboxylic acids is 1. The first kappa shape index (κ1) is 34.4. The summed E-state index contributed by atoms with van der Waals surface area (Å²) in [6.45, 7) is 4.44. The number of hydrogen-bond acceptors (Lipinski definition) is 3. The number of esters is 1. The highest BCUT2D eigenvalue weighted by Crippen LogP contribution is 2.17. The predicted molar refractivity (Wildman–Crippen MR) is 153 cm³/mol. The third kappa shape index (κ3) is 27.0. The van der Waals surface area contributed by atoms with Crippen LogP contribution in [0.15, 0.2) is 24.3 Å². The minimum atomic E-state index is -0.706. The van der Waals surface area contributed by atoms with Crippen molar-refractivity contribution in [1.82, 2.24) is 0 Å². The molecule has 0 aromatic rings. The summed E-state index contributed by atoms with van der Waals surface area (Å²) in [5, 5.41) is 8.71. The standard InChI is InChI=1S/C32H58O4/c1-3-5-7-8-9-10-11-12-13-14-15-16-17-21-25-29-32(35)36-30(26-22-6-4-2)27-23-19-18-20-24-28-31(33)34/h9-10,12-13,30H,3-8,11,14-29H2,1-2H3,(H,33,34)/b10-9-,13-12-. The van der Waals surface area contributed by atoms with Gasteiger partial charge in [-0.15, -0.1) is 0 Å². The van der Waals surface area contributed by atoms with Crippen LogP contribution in [-0.2, 0) is 14.3 Å². The summed E-state index contributed by atoms with van der Waals surface area (Å²) in [7, 11) is 0. The molecule has 0 aliphatic carbocycles. The SMILES string of the molecule is CCCCC/C=C\C/C=C\CCCCCCCC(=O)OC(CCCCC)CCCCCCCC(=O)O. The molecule has 0 radical (unpaired) electrons. The minimum absolute atomic E-state index is 0.0244. The molecule has 0 rings (SSSR count). The lowest BCUT2D eigenvalue weighted by molar-refractivity contribution is -0.150. The highest BCUT2D eigenvalue weighted by molar-refractivity contribution is 5.69. The summed E-state index contributed by atoms with van der Waals surface area (Å²) in [6.07, 6.45) is 33.5. The lowest BCUT2D eigenvalue weighted by Gasteiger charge is -2.18. The van der Waals surface area contributed by atoms with Crippen molar-refractivity contribution >= 4 is 11.9 Å². The quantitative estimate of drug-likeness (QED) is 0.0683. The molecule has 1 N–H and O–H groups in total. The van der Waals surface area contributed by atoms with Crippen molar-refractivity contribution in [3.8, 4) is 0 Å². The number of hydrogen-bond donors (Lipinski definition) is 1. The van der Waals surface area contributed by atoms with Gasteiger partial charge in [-0.1, -0.05) is 102 Å². The first-order valence-corrected chi connectivity index (χ1v) is 15.3. The van der Waals surface area contributed by atoms with E-state index in [-0.39, 0.29) is 18.5 Å². The van der Waals surface area contributed by atoms with Gasteiger partial charge in [-0.2, -0.15) is 0 Å². The fourth-order valence-corrected chi connectivity index (χ4v) is 4.39. The molecule has 0 aliphatic rings. The number of aliphatic carboxylic acids is 1. The van der Waals surface area contributed by atoms with E-state index in [2.05, 4.69) is 38.2 Å². The molecule has 4 nitrogen and oxygen atoms in total. The van der Waals surface area contributed by atoms with Crippen LogP contribution in [0.4, 0.5) is 0 Å². The molecule has 0 saturated carbocycles. The molecule has 0 aliphatic heterocycles. The molecule has 0 aromatic carbocycles. The van der Waals surface area contributed by atoms with Gasteiger partial charge < -0.3 is 9.84 Å². The normalized spacial score (nSPS) is 12.5. The van der Waals surface area contributed by atoms with E-state index in [1.807, 2.05) is 0 Å². The van der Waals surface area contributed by atoms with Crippen molar-refractivity contribution in [3.05, 3.63) is 24.3 Å². The van der Waals surface area contributed by atoms with Gasteiger partial charge in [-0.3, -0.25) is 9.59 Å². The minimum Gasteiger partial charge on any atom is -0.481 e. The first-order chi connectivity index (χ1) is 17.6. The number of carboxylic acid groups (broad SMARTS) is 1. The molecule has 0 spiro atoms. The van der Waals surface area contributed by atoms with Crippen molar-refractivity contribution in [2.24, 2.45) is 0 Å². The second-order valence-electron chi connectivity index (χ2n) is 10.3. The number of ether oxygens (including phenoxy) is 1. The Balaban J connectivity index is 3.80. The maximum Gasteiger partial charge on any atom is 0.306 e. The van der Waals surface area contributed by atoms with Crippen LogP contribution in [0.3, 0.4) is 0 Å². The first-order valence-electron chi connectivity index (χ1n) is 15.3. The third-order valence-electron chi connectivity index (χ3n) is 6.68. The summed E-state index contributed by atoms with van der Waals surface area (Å²) < 4.78 is 5.84. The van der Waals surface area contributed by atoms with Crippen LogP contribution < -0.4 is 0 Å². The van der Waals surface area contributed by atoms with E-state index in [0.717, 1.165) is 77.0 Å². The van der Waals surface area contributed by atoms with E-state index in [4.69, 9.17) is 9.84 Å². The highest BCUT2D eigenvalue weighted by atomic mass is 16.5. The Kier molecular flexibility index (Phi) is 26.8. The molecule has 4 heteroatoms. The monoisotopic (exact) mass is 506 g/mol. The van der Waals surface area contributed by atoms with Gasteiger partial charge in [0.05, 0.1) is 0 Å². The van der Waals surface area contributed by atoms with Gasteiger partial charge in [0.25, 0.3) is 0 Å². The van der Waals surface area contributed by atoms with Crippen LogP contribution in [0.25, 0.3) is 0 Å². The second-order valence-corrected chi connectivity index (χ2v) is 10.3. The molecule has 36 heavy (non-hydrogen) atoms. The molecular formula is C32H58O4. The Morgan fingerprint density at radius 3 is 1.69 bits per heavy atom. The van der Waals surface area contributed by atoms with Crippen LogP contribution in [0.2, 0.25) is 0 Å². The summed E-state index contributed by atoms with van der Waals surface area (Å²) in [5.41, 5.74) is 0. The van der Waals surface area contributed by atoms with Crippen LogP contribution in [0.5, 0.6) is 0 Å². The molecule has 210 valence electrons. The van der Waals surface area contributed by atoms with Crippen molar-refractivity contribution < 1.29 is 19.4 Å². The Hall–Kier alpha value is -1.58. The summed E-state index contributed by atoms with van der Waals surface area (Å²) >= 11 is 0. The van der Waals surface area contributed by atoms with Gasteiger partial charge in [0, 0.05) is 12.8 Å². The zero-order valence-electron chi connectivity index (χ0n) is 23.8. The van der Waals surface area contributed by atoms with Crippen molar-refractivity contribution in [1.29, 1.82) is 0 Å². The topological polar surface area (TPSA) is 63.6 Å². The van der Waals surface area contributed by atoms with Gasteiger partial charge in [-0.05, 0) is 70.6 Å². The molecule has 1 atom stereocenters. The van der Waals surface area contributed by atoms with E-state index >= 15 is 0 Å². The molecule has 0 aromatic heterocycles. The van der Waals surface area contributed by atoms with E-state index in [9.17, 15) is 9.59 Å². The highest BCUT2D eigenvalue weighted by Gasteiger charge is 2.14. The molecule has 0 bridgehead atoms. The van der Waals surface area contributed by atoms with Gasteiger partial charge >= 0.3 is 11.9 Å². The smallest absolute Gasteiger partial charge is 0.306 e. The molecule has 0 saturated heterocycles. The largest absolute Gasteiger partial charge is 0.481 e. The zero-order valence-corrected chi connectivity index (χ0v) is 23.8. The van der Waals surface area contributed by atoms with Crippen LogP contribution in [0, 0.1) is 0 Å². The summed E-state index contributed by atoms with van der Waals surface area (Å²) in [5.74, 6) is -0.731. The Labute approximate surface area is 223 Å². The molecule has 0 heterocycles. The van der Waals surface area contributed by atoms with Crippen LogP contribution in [-0.4, -0.2) is 23.1 Å². The zero-order chi connectivity index (χ0) is 26.5. The third-order valence-corrected chi connectivity index (χ3v) is 6.68. The van der Waals surface area contributed by atoms with Gasteiger partial charge in [0.1, 0.15) is 6.10 Å². The van der Waals surface area contributed by atoms with E-state index < -0.39 is 5.97 Å². The fourth-order valence-electron chi connectivity index (χ4n) is 4.39. The van der Waals surface area contributed by atoms with Crippen LogP contribution >= 0.6 is 0 Å². The Bertz CT molecular complexity index is 552. The van der Waals surface area contributed by atoms with Gasteiger partial charge in [0.15, 0.2) is 0 Å². The Morgan fingerprint density at radius 2 is 1.08 bits per heavy atom. The van der Waals surface area contributed by atoms with Gasteiger partial charge in [-0.25, -0.2) is 0 Å². The lowest BCUT2D eigenvalue weighted by Crippen LogP contribution is -2.18. The Morgan fingerprint density at radius 1 is 0.611 bits per heavy atom. The van der Waals surface area contributed by atoms with Gasteiger partial charge in [0.2, 0.25) is 0 Å². The van der Waals surface area contributed by atoms with Crippen molar-refractivity contribution in [3.63, 3.8) is 0 Å². The molecule has 0 fully saturated rings. The van der Waals surface area contributed by atoms with E-state index in [1.54, 1.807) is 0 Å². The average Bonchev–Trinajstić information content (AvgIpc) is 2.85. The molecule has 1 unspecified atom stereocenters. The van der Waals surface area contributed by atoms with E-state index in [0.29, 0.717) is 6.42 Å². The number of carbonyl (C=O) groups is 2. The maximum absolute atomic E-state index is 12.4. The molecular weight excluding hydrogens is 448 g/mol. The number of allylic oxidation sites excluding steroid dienone is 4. The second kappa shape index (κ2) is 28.0. The predicted octanol–water partition coefficient (Wildman–Crippen LogP) is 10.1.